The molecule has 0 aliphatic carbocycles. The van der Waals surface area contributed by atoms with Crippen molar-refractivity contribution in [1.29, 1.82) is 0 Å². The lowest BCUT2D eigenvalue weighted by molar-refractivity contribution is -0.119. The van der Waals surface area contributed by atoms with Gasteiger partial charge in [0.15, 0.2) is 0 Å². The van der Waals surface area contributed by atoms with E-state index in [4.69, 9.17) is 0 Å². The number of halogens is 3. The number of hydrogen-bond donors (Lipinski definition) is 1. The summed E-state index contributed by atoms with van der Waals surface area (Å²) in [4.78, 5) is 31.2. The first kappa shape index (κ1) is 42.9. The van der Waals surface area contributed by atoms with Crippen LogP contribution in [0.5, 0.6) is 0 Å². The standard InChI is InChI=1S/C22H27BrN2O.C14H20N2O.C8H8Br2/c1-2-22(26)25(20-6-4-3-5-7-20)21-13-16-24(17-14-21)15-12-18-8-10-19(23)11-9-18;1-2-14(17)16(12-6-4-3-5-7-12)13-8-10-15-11-9-13;9-6-5-7-1-3-8(10)4-2-7/h3-11,21H,2,12-17H2,1H3;3-7,13,15H,2,8-11H2,1H3;1-4H,5-6H2. The summed E-state index contributed by atoms with van der Waals surface area (Å²) in [6.07, 6.45) is 7.47. The molecule has 2 fully saturated rings. The van der Waals surface area contributed by atoms with Crippen LogP contribution >= 0.6 is 47.8 Å². The lowest BCUT2D eigenvalue weighted by atomic mass is 10.0. The molecular formula is C44H55Br3N4O2. The first-order valence-electron chi connectivity index (χ1n) is 19.0. The number of anilines is 2. The van der Waals surface area contributed by atoms with Crippen molar-refractivity contribution in [2.24, 2.45) is 0 Å². The lowest BCUT2D eigenvalue weighted by Gasteiger charge is -2.38. The first-order chi connectivity index (χ1) is 25.8. The van der Waals surface area contributed by atoms with Gasteiger partial charge in [0.05, 0.1) is 0 Å². The van der Waals surface area contributed by atoms with E-state index in [0.29, 0.717) is 24.9 Å². The van der Waals surface area contributed by atoms with Crippen LogP contribution in [0.25, 0.3) is 0 Å². The highest BCUT2D eigenvalue weighted by Crippen LogP contribution is 2.25. The van der Waals surface area contributed by atoms with Crippen molar-refractivity contribution in [3.8, 4) is 0 Å². The van der Waals surface area contributed by atoms with E-state index < -0.39 is 0 Å². The Labute approximate surface area is 343 Å². The van der Waals surface area contributed by atoms with E-state index in [1.807, 2.05) is 84.3 Å². The second kappa shape index (κ2) is 23.9. The Kier molecular flexibility index (Phi) is 19.3. The third-order valence-corrected chi connectivity index (χ3v) is 11.2. The molecule has 4 aromatic carbocycles. The molecule has 2 amide bonds. The second-order valence-corrected chi connectivity index (χ2v) is 16.0. The third-order valence-electron chi connectivity index (χ3n) is 9.73. The molecule has 0 aromatic heterocycles. The maximum Gasteiger partial charge on any atom is 0.226 e. The van der Waals surface area contributed by atoms with Gasteiger partial charge in [0, 0.05) is 70.2 Å². The largest absolute Gasteiger partial charge is 0.317 e. The van der Waals surface area contributed by atoms with Gasteiger partial charge in [-0.3, -0.25) is 9.59 Å². The smallest absolute Gasteiger partial charge is 0.226 e. The van der Waals surface area contributed by atoms with Crippen molar-refractivity contribution in [3.05, 3.63) is 129 Å². The summed E-state index contributed by atoms with van der Waals surface area (Å²) >= 11 is 10.3. The summed E-state index contributed by atoms with van der Waals surface area (Å²) < 4.78 is 2.27. The number of piperidine rings is 2. The van der Waals surface area contributed by atoms with E-state index in [-0.39, 0.29) is 11.8 Å². The van der Waals surface area contributed by atoms with Crippen molar-refractivity contribution < 1.29 is 9.59 Å². The van der Waals surface area contributed by atoms with Crippen LogP contribution in [0.3, 0.4) is 0 Å². The molecule has 0 saturated carbocycles. The van der Waals surface area contributed by atoms with Crippen molar-refractivity contribution in [3.63, 3.8) is 0 Å². The zero-order chi connectivity index (χ0) is 37.8. The Morgan fingerprint density at radius 3 is 1.45 bits per heavy atom. The van der Waals surface area contributed by atoms with Crippen LogP contribution in [0.15, 0.2) is 118 Å². The van der Waals surface area contributed by atoms with E-state index in [0.717, 1.165) is 96.9 Å². The van der Waals surface area contributed by atoms with Gasteiger partial charge in [0.1, 0.15) is 0 Å². The minimum Gasteiger partial charge on any atom is -0.317 e. The molecule has 2 aliphatic heterocycles. The van der Waals surface area contributed by atoms with E-state index in [2.05, 4.69) is 107 Å². The molecule has 1 N–H and O–H groups in total. The number of carbonyl (C=O) groups is 2. The highest BCUT2D eigenvalue weighted by molar-refractivity contribution is 9.10. The van der Waals surface area contributed by atoms with Crippen LogP contribution < -0.4 is 15.1 Å². The van der Waals surface area contributed by atoms with E-state index in [1.54, 1.807) is 0 Å². The number of nitrogens with zero attached hydrogens (tertiary/aromatic N) is 3. The third kappa shape index (κ3) is 14.4. The monoisotopic (exact) mass is 908 g/mol. The summed E-state index contributed by atoms with van der Waals surface area (Å²) in [5, 5.41) is 4.38. The molecule has 53 heavy (non-hydrogen) atoms. The first-order valence-corrected chi connectivity index (χ1v) is 21.8. The highest BCUT2D eigenvalue weighted by atomic mass is 79.9. The van der Waals surface area contributed by atoms with Gasteiger partial charge in [-0.05, 0) is 111 Å². The maximum absolute atomic E-state index is 12.5. The fraction of sp³-hybridized carbons (Fsp3) is 0.409. The van der Waals surface area contributed by atoms with Crippen molar-refractivity contribution in [2.45, 2.75) is 77.3 Å². The predicted octanol–water partition coefficient (Wildman–Crippen LogP) is 10.5. The van der Waals surface area contributed by atoms with Crippen LogP contribution in [-0.2, 0) is 22.4 Å². The lowest BCUT2D eigenvalue weighted by Crippen LogP contribution is -2.47. The number of aryl methyl sites for hydroxylation is 1. The predicted molar refractivity (Wildman–Crippen MR) is 233 cm³/mol. The Balaban J connectivity index is 0.000000198. The van der Waals surface area contributed by atoms with Gasteiger partial charge in [0.25, 0.3) is 0 Å². The number of likely N-dealkylation sites (tertiary alicyclic amines) is 1. The maximum atomic E-state index is 12.5. The van der Waals surface area contributed by atoms with Crippen LogP contribution in [0.1, 0.15) is 63.5 Å². The molecule has 0 unspecified atom stereocenters. The summed E-state index contributed by atoms with van der Waals surface area (Å²) in [7, 11) is 0. The molecule has 0 radical (unpaired) electrons. The molecular weight excluding hydrogens is 856 g/mol. The van der Waals surface area contributed by atoms with Crippen LogP contribution in [0.4, 0.5) is 11.4 Å². The molecule has 9 heteroatoms. The number of para-hydroxylation sites is 2. The Morgan fingerprint density at radius 1 is 0.623 bits per heavy atom. The zero-order valence-corrected chi connectivity index (χ0v) is 36.0. The average Bonchev–Trinajstić information content (AvgIpc) is 3.21. The number of hydrogen-bond acceptors (Lipinski definition) is 4. The number of nitrogens with one attached hydrogen (secondary N) is 1. The molecule has 2 heterocycles. The number of alkyl halides is 1. The fourth-order valence-corrected chi connectivity index (χ4v) is 7.79. The topological polar surface area (TPSA) is 55.9 Å². The molecule has 2 saturated heterocycles. The van der Waals surface area contributed by atoms with Gasteiger partial charge in [-0.15, -0.1) is 0 Å². The van der Waals surface area contributed by atoms with Crippen molar-refractivity contribution in [1.82, 2.24) is 10.2 Å². The Bertz CT molecular complexity index is 1610. The highest BCUT2D eigenvalue weighted by Gasteiger charge is 2.28. The van der Waals surface area contributed by atoms with Gasteiger partial charge in [-0.25, -0.2) is 0 Å². The minimum atomic E-state index is 0.225. The molecule has 0 atom stereocenters. The average molecular weight is 912 g/mol. The summed E-state index contributed by atoms with van der Waals surface area (Å²) in [5.41, 5.74) is 4.82. The van der Waals surface area contributed by atoms with E-state index in [1.165, 1.54) is 11.1 Å². The van der Waals surface area contributed by atoms with Gasteiger partial charge in [-0.2, -0.15) is 0 Å². The molecule has 2 aliphatic rings. The van der Waals surface area contributed by atoms with Crippen molar-refractivity contribution >= 4 is 71.0 Å². The van der Waals surface area contributed by atoms with Crippen LogP contribution in [0, 0.1) is 0 Å². The molecule has 4 aromatic rings. The number of rotatable bonds is 11. The van der Waals surface area contributed by atoms with Gasteiger partial charge >= 0.3 is 0 Å². The number of benzene rings is 4. The number of amides is 2. The zero-order valence-electron chi connectivity index (χ0n) is 31.2. The number of carbonyl (C=O) groups excluding carboxylic acids is 2. The molecule has 6 nitrogen and oxygen atoms in total. The summed E-state index contributed by atoms with van der Waals surface area (Å²) in [5.74, 6) is 0.451. The molecule has 0 bridgehead atoms. The summed E-state index contributed by atoms with van der Waals surface area (Å²) in [6, 6.07) is 37.8. The van der Waals surface area contributed by atoms with Gasteiger partial charge in [0.2, 0.25) is 11.8 Å². The van der Waals surface area contributed by atoms with Gasteiger partial charge < -0.3 is 20.0 Å². The van der Waals surface area contributed by atoms with Crippen molar-refractivity contribution in [2.75, 3.05) is 47.9 Å². The van der Waals surface area contributed by atoms with Crippen LogP contribution in [0.2, 0.25) is 0 Å². The minimum absolute atomic E-state index is 0.225. The van der Waals surface area contributed by atoms with Gasteiger partial charge in [-0.1, -0.05) is 122 Å². The SMILES string of the molecule is BrCCc1ccc(Br)cc1.CCC(=O)N(c1ccccc1)C1CCN(CCc2ccc(Br)cc2)CC1.CCC(=O)N(c1ccccc1)C1CCNCC1. The van der Waals surface area contributed by atoms with E-state index >= 15 is 0 Å². The molecule has 6 rings (SSSR count). The Morgan fingerprint density at radius 2 is 1.04 bits per heavy atom. The second-order valence-electron chi connectivity index (χ2n) is 13.4. The normalized spacial score (nSPS) is 15.0. The fourth-order valence-electron chi connectivity index (χ4n) is 6.80. The summed E-state index contributed by atoms with van der Waals surface area (Å²) in [6.45, 7) is 9.09. The molecule has 284 valence electrons. The Hall–Kier alpha value is -2.82. The van der Waals surface area contributed by atoms with E-state index in [9.17, 15) is 9.59 Å². The van der Waals surface area contributed by atoms with Crippen LogP contribution in [-0.4, -0.2) is 66.9 Å². The quantitative estimate of drug-likeness (QED) is 0.152. The molecule has 0 spiro atoms.